The van der Waals surface area contributed by atoms with Crippen molar-refractivity contribution in [2.45, 2.75) is 46.5 Å². The van der Waals surface area contributed by atoms with Crippen LogP contribution in [0, 0.1) is 13.8 Å². The Morgan fingerprint density at radius 2 is 2.06 bits per heavy atom. The molecule has 1 aromatic carbocycles. The van der Waals surface area contributed by atoms with Gasteiger partial charge >= 0.3 is 5.97 Å². The summed E-state index contributed by atoms with van der Waals surface area (Å²) in [4.78, 5) is 32.1. The fraction of sp³-hybridized carbons (Fsp3) is 0.296. The van der Waals surface area contributed by atoms with Crippen LogP contribution < -0.4 is 5.32 Å². The van der Waals surface area contributed by atoms with Crippen molar-refractivity contribution in [3.63, 3.8) is 0 Å². The number of amidine groups is 1. The minimum absolute atomic E-state index is 0.190. The van der Waals surface area contributed by atoms with Gasteiger partial charge in [0, 0.05) is 21.3 Å². The molecule has 0 radical (unpaired) electrons. The molecule has 3 heterocycles. The molecule has 0 bridgehead atoms. The second kappa shape index (κ2) is 10.3. The van der Waals surface area contributed by atoms with Crippen molar-refractivity contribution in [2.24, 2.45) is 4.99 Å². The van der Waals surface area contributed by atoms with Crippen LogP contribution in [0.3, 0.4) is 0 Å². The Balaban J connectivity index is 1.51. The van der Waals surface area contributed by atoms with Gasteiger partial charge in [-0.15, -0.1) is 11.3 Å². The summed E-state index contributed by atoms with van der Waals surface area (Å²) >= 11 is 9.04. The van der Waals surface area contributed by atoms with Gasteiger partial charge in [0.2, 0.25) is 0 Å². The number of fused-ring (bicyclic) bond motifs is 1. The minimum atomic E-state index is -0.258. The van der Waals surface area contributed by atoms with E-state index in [-0.39, 0.29) is 11.9 Å². The lowest BCUT2D eigenvalue weighted by Crippen LogP contribution is -2.19. The number of aromatic nitrogens is 1. The van der Waals surface area contributed by atoms with Crippen LogP contribution in [0.2, 0.25) is 5.02 Å². The normalized spacial score (nSPS) is 17.5. The van der Waals surface area contributed by atoms with Gasteiger partial charge < -0.3 is 14.6 Å². The van der Waals surface area contributed by atoms with Gasteiger partial charge in [0.1, 0.15) is 5.00 Å². The van der Waals surface area contributed by atoms with Crippen LogP contribution in [0.5, 0.6) is 0 Å². The van der Waals surface area contributed by atoms with Gasteiger partial charge in [0.15, 0.2) is 5.17 Å². The first-order chi connectivity index (χ1) is 17.4. The van der Waals surface area contributed by atoms with Gasteiger partial charge in [0.25, 0.3) is 5.91 Å². The lowest BCUT2D eigenvalue weighted by molar-refractivity contribution is -0.115. The van der Waals surface area contributed by atoms with Gasteiger partial charge in [0.05, 0.1) is 22.8 Å². The molecule has 36 heavy (non-hydrogen) atoms. The topological polar surface area (TPSA) is 72.7 Å². The predicted octanol–water partition coefficient (Wildman–Crippen LogP) is 6.76. The SMILES string of the molecule is CCOC(=O)c1c(-n2c(C)cc(/C=C3/SC(=Nc4cccc(Cl)c4)NC3=O)c2C)sc2c1CCCC2. The van der Waals surface area contributed by atoms with Gasteiger partial charge in [-0.3, -0.25) is 4.79 Å². The Bertz CT molecular complexity index is 1430. The molecule has 9 heteroatoms. The molecule has 186 valence electrons. The van der Waals surface area contributed by atoms with E-state index < -0.39 is 0 Å². The maximum Gasteiger partial charge on any atom is 0.341 e. The van der Waals surface area contributed by atoms with Crippen LogP contribution in [0.25, 0.3) is 11.1 Å². The number of amides is 1. The predicted molar refractivity (Wildman–Crippen MR) is 148 cm³/mol. The average molecular weight is 540 g/mol. The van der Waals surface area contributed by atoms with Gasteiger partial charge in [-0.05, 0) is 99.7 Å². The summed E-state index contributed by atoms with van der Waals surface area (Å²) in [6.07, 6.45) is 6.01. The zero-order valence-corrected chi connectivity index (χ0v) is 22.7. The first-order valence-electron chi connectivity index (χ1n) is 11.9. The Labute approximate surface area is 223 Å². The summed E-state index contributed by atoms with van der Waals surface area (Å²) in [6.45, 7) is 6.22. The zero-order chi connectivity index (χ0) is 25.4. The Hall–Kier alpha value is -2.81. The van der Waals surface area contributed by atoms with E-state index in [1.165, 1.54) is 16.6 Å². The van der Waals surface area contributed by atoms with Crippen molar-refractivity contribution >= 4 is 63.5 Å². The minimum Gasteiger partial charge on any atom is -0.462 e. The number of benzene rings is 1. The number of ether oxygens (including phenoxy) is 1. The lowest BCUT2D eigenvalue weighted by atomic mass is 9.95. The van der Waals surface area contributed by atoms with E-state index in [1.807, 2.05) is 39.0 Å². The molecule has 0 atom stereocenters. The molecule has 1 saturated heterocycles. The number of carbonyl (C=O) groups excluding carboxylic acids is 2. The van der Waals surface area contributed by atoms with Crippen LogP contribution in [0.15, 0.2) is 40.2 Å². The highest BCUT2D eigenvalue weighted by atomic mass is 35.5. The largest absolute Gasteiger partial charge is 0.462 e. The molecular formula is C27H26ClN3O3S2. The second-order valence-electron chi connectivity index (χ2n) is 8.74. The van der Waals surface area contributed by atoms with Crippen molar-refractivity contribution in [1.29, 1.82) is 0 Å². The molecule has 0 spiro atoms. The summed E-state index contributed by atoms with van der Waals surface area (Å²) in [7, 11) is 0. The smallest absolute Gasteiger partial charge is 0.341 e. The van der Waals surface area contributed by atoms with Gasteiger partial charge in [-0.2, -0.15) is 0 Å². The maximum atomic E-state index is 13.0. The third-order valence-corrected chi connectivity index (χ3v) is 8.70. The van der Waals surface area contributed by atoms with Gasteiger partial charge in [-0.25, -0.2) is 9.79 Å². The van der Waals surface area contributed by atoms with Crippen molar-refractivity contribution in [2.75, 3.05) is 6.61 Å². The summed E-state index contributed by atoms with van der Waals surface area (Å²) in [5, 5.41) is 4.84. The molecule has 1 fully saturated rings. The summed E-state index contributed by atoms with van der Waals surface area (Å²) in [6, 6.07) is 9.24. The molecule has 6 nitrogen and oxygen atoms in total. The molecule has 1 aliphatic carbocycles. The van der Waals surface area contributed by atoms with E-state index in [0.717, 1.165) is 53.2 Å². The molecule has 1 N–H and O–H groups in total. The Morgan fingerprint density at radius 3 is 2.83 bits per heavy atom. The van der Waals surface area contributed by atoms with Crippen molar-refractivity contribution in [3.8, 4) is 5.00 Å². The van der Waals surface area contributed by atoms with Crippen LogP contribution in [0.1, 0.15) is 57.5 Å². The molecule has 1 amide bonds. The number of nitrogens with one attached hydrogen (secondary N) is 1. The number of carbonyl (C=O) groups is 2. The first kappa shape index (κ1) is 24.9. The average Bonchev–Trinajstić information content (AvgIpc) is 3.46. The van der Waals surface area contributed by atoms with Crippen LogP contribution >= 0.6 is 34.7 Å². The molecule has 1 aliphatic heterocycles. The number of esters is 1. The first-order valence-corrected chi connectivity index (χ1v) is 13.9. The number of hydrogen-bond donors (Lipinski definition) is 1. The summed E-state index contributed by atoms with van der Waals surface area (Å²) in [5.41, 5.74) is 5.41. The van der Waals surface area contributed by atoms with Crippen molar-refractivity contribution in [3.05, 3.63) is 73.2 Å². The van der Waals surface area contributed by atoms with E-state index in [0.29, 0.717) is 33.0 Å². The number of hydrogen-bond acceptors (Lipinski definition) is 6. The summed E-state index contributed by atoms with van der Waals surface area (Å²) in [5.74, 6) is -0.448. The number of aryl methyl sites for hydroxylation is 2. The fourth-order valence-electron chi connectivity index (χ4n) is 4.65. The van der Waals surface area contributed by atoms with E-state index in [4.69, 9.17) is 16.3 Å². The van der Waals surface area contributed by atoms with Crippen LogP contribution in [0.4, 0.5) is 5.69 Å². The van der Waals surface area contributed by atoms with E-state index in [1.54, 1.807) is 23.5 Å². The lowest BCUT2D eigenvalue weighted by Gasteiger charge is -2.13. The number of aliphatic imine (C=N–C) groups is 1. The zero-order valence-electron chi connectivity index (χ0n) is 20.3. The number of rotatable bonds is 5. The Kier molecular flexibility index (Phi) is 7.10. The number of thioether (sulfide) groups is 1. The van der Waals surface area contributed by atoms with Crippen molar-refractivity contribution < 1.29 is 14.3 Å². The number of thiophene rings is 1. The summed E-state index contributed by atoms with van der Waals surface area (Å²) < 4.78 is 7.58. The highest BCUT2D eigenvalue weighted by molar-refractivity contribution is 8.18. The molecular weight excluding hydrogens is 514 g/mol. The van der Waals surface area contributed by atoms with Crippen molar-refractivity contribution in [1.82, 2.24) is 9.88 Å². The van der Waals surface area contributed by atoms with E-state index in [2.05, 4.69) is 20.9 Å². The number of halogens is 1. The van der Waals surface area contributed by atoms with Crippen LogP contribution in [-0.4, -0.2) is 28.2 Å². The van der Waals surface area contributed by atoms with E-state index >= 15 is 0 Å². The molecule has 0 saturated carbocycles. The monoisotopic (exact) mass is 539 g/mol. The molecule has 0 unspecified atom stereocenters. The molecule has 2 aromatic heterocycles. The number of nitrogens with zero attached hydrogens (tertiary/aromatic N) is 2. The third kappa shape index (κ3) is 4.77. The molecule has 5 rings (SSSR count). The third-order valence-electron chi connectivity index (χ3n) is 6.28. The standard InChI is InChI=1S/C27H26ClN3O3S2/c1-4-34-26(33)23-20-10-5-6-11-21(20)35-25(23)31-15(2)12-17(16(31)3)13-22-24(32)30-27(36-22)29-19-9-7-8-18(28)14-19/h7-9,12-14H,4-6,10-11H2,1-3H3,(H,29,30,32)/b22-13+. The highest BCUT2D eigenvalue weighted by Gasteiger charge is 2.29. The van der Waals surface area contributed by atoms with E-state index in [9.17, 15) is 9.59 Å². The highest BCUT2D eigenvalue weighted by Crippen LogP contribution is 2.40. The second-order valence-corrected chi connectivity index (χ2v) is 11.3. The fourth-order valence-corrected chi connectivity index (χ4v) is 7.16. The van der Waals surface area contributed by atoms with Gasteiger partial charge in [-0.1, -0.05) is 17.7 Å². The molecule has 3 aromatic rings. The quantitative estimate of drug-likeness (QED) is 0.287. The Morgan fingerprint density at radius 1 is 1.25 bits per heavy atom. The maximum absolute atomic E-state index is 13.0. The molecule has 2 aliphatic rings. The van der Waals surface area contributed by atoms with Crippen LogP contribution in [-0.2, 0) is 22.4 Å².